The number of nitrogens with one attached hydrogen (secondary N) is 1. The van der Waals surface area contributed by atoms with Gasteiger partial charge in [-0.15, -0.1) is 11.3 Å². The highest BCUT2D eigenvalue weighted by Gasteiger charge is 2.19. The number of thiophene rings is 1. The molecule has 0 unspecified atom stereocenters. The number of fused-ring (bicyclic) bond motifs is 2. The minimum atomic E-state index is -0.592. The van der Waals surface area contributed by atoms with Crippen LogP contribution in [0, 0.1) is 10.1 Å². The fourth-order valence-corrected chi connectivity index (χ4v) is 3.06. The predicted molar refractivity (Wildman–Crippen MR) is 84.0 cm³/mol. The van der Waals surface area contributed by atoms with Crippen molar-refractivity contribution >= 4 is 33.3 Å². The topological polar surface area (TPSA) is 99.4 Å². The molecule has 1 aromatic carbocycles. The monoisotopic (exact) mass is 330 g/mol. The largest absolute Gasteiger partial charge is 0.472 e. The molecule has 0 saturated heterocycles. The van der Waals surface area contributed by atoms with E-state index in [0.717, 1.165) is 10.9 Å². The lowest BCUT2D eigenvalue weighted by Crippen LogP contribution is -2.04. The minimum Gasteiger partial charge on any atom is -0.454 e. The fourth-order valence-electron chi connectivity index (χ4n) is 2.30. The average molecular weight is 330 g/mol. The average Bonchev–Trinajstić information content (AvgIpc) is 3.20. The van der Waals surface area contributed by atoms with Crippen molar-refractivity contribution in [2.75, 3.05) is 12.1 Å². The maximum absolute atomic E-state index is 10.9. The fraction of sp³-hybridized carbons (Fsp3) is 0.143. The molecule has 0 saturated carbocycles. The van der Waals surface area contributed by atoms with Gasteiger partial charge in [-0.2, -0.15) is 0 Å². The molecule has 1 aliphatic rings. The number of nitrogens with zero attached hydrogens (tertiary/aromatic N) is 3. The van der Waals surface area contributed by atoms with E-state index < -0.39 is 10.9 Å². The van der Waals surface area contributed by atoms with Crippen LogP contribution in [0.25, 0.3) is 10.2 Å². The van der Waals surface area contributed by atoms with Gasteiger partial charge in [-0.1, -0.05) is 11.1 Å². The minimum absolute atomic E-state index is 0.222. The van der Waals surface area contributed by atoms with Gasteiger partial charge in [0, 0.05) is 6.54 Å². The molecule has 0 fully saturated rings. The summed E-state index contributed by atoms with van der Waals surface area (Å²) in [6, 6.07) is 7.45. The standard InChI is InChI=1S/C14H10N4O4S/c19-18(20)14-16-12(9-3-4-23-13(9)17-14)15-6-8-1-2-10-11(5-8)22-7-21-10/h1-5H,6-7H2,(H,15,16,17). The molecule has 0 radical (unpaired) electrons. The molecule has 0 atom stereocenters. The third-order valence-corrected chi connectivity index (χ3v) is 4.18. The van der Waals surface area contributed by atoms with E-state index in [2.05, 4.69) is 15.3 Å². The SMILES string of the molecule is O=[N+]([O-])c1nc(NCc2ccc3c(c2)OCO3)c2ccsc2n1. The van der Waals surface area contributed by atoms with Gasteiger partial charge >= 0.3 is 5.95 Å². The van der Waals surface area contributed by atoms with Crippen LogP contribution in [0.3, 0.4) is 0 Å². The summed E-state index contributed by atoms with van der Waals surface area (Å²) in [5, 5.41) is 16.7. The van der Waals surface area contributed by atoms with Crippen molar-refractivity contribution in [3.05, 3.63) is 45.3 Å². The van der Waals surface area contributed by atoms with Crippen molar-refractivity contribution in [2.24, 2.45) is 0 Å². The first-order valence-corrected chi connectivity index (χ1v) is 7.61. The van der Waals surface area contributed by atoms with Crippen LogP contribution in [0.15, 0.2) is 29.6 Å². The van der Waals surface area contributed by atoms with Crippen molar-refractivity contribution in [3.8, 4) is 11.5 Å². The van der Waals surface area contributed by atoms with Gasteiger partial charge in [0.2, 0.25) is 17.4 Å². The number of nitro groups is 1. The van der Waals surface area contributed by atoms with E-state index in [0.29, 0.717) is 28.7 Å². The summed E-state index contributed by atoms with van der Waals surface area (Å²) in [7, 11) is 0. The van der Waals surface area contributed by atoms with E-state index in [1.807, 2.05) is 29.6 Å². The summed E-state index contributed by atoms with van der Waals surface area (Å²) >= 11 is 1.34. The second-order valence-electron chi connectivity index (χ2n) is 4.81. The Kier molecular flexibility index (Phi) is 3.19. The Labute approximate surface area is 133 Å². The van der Waals surface area contributed by atoms with E-state index >= 15 is 0 Å². The first-order chi connectivity index (χ1) is 11.2. The van der Waals surface area contributed by atoms with Crippen LogP contribution in [0.5, 0.6) is 11.5 Å². The molecule has 23 heavy (non-hydrogen) atoms. The predicted octanol–water partition coefficient (Wildman–Crippen LogP) is 2.94. The van der Waals surface area contributed by atoms with Crippen molar-refractivity contribution in [2.45, 2.75) is 6.54 Å². The van der Waals surface area contributed by atoms with Crippen molar-refractivity contribution in [3.63, 3.8) is 0 Å². The molecule has 0 amide bonds. The van der Waals surface area contributed by atoms with Crippen LogP contribution in [0.1, 0.15) is 5.56 Å². The van der Waals surface area contributed by atoms with E-state index in [4.69, 9.17) is 9.47 Å². The molecule has 8 nitrogen and oxygen atoms in total. The summed E-state index contributed by atoms with van der Waals surface area (Å²) in [5.74, 6) is 1.44. The normalized spacial score (nSPS) is 12.5. The molecule has 3 aromatic rings. The third kappa shape index (κ3) is 2.50. The van der Waals surface area contributed by atoms with Crippen LogP contribution in [-0.2, 0) is 6.54 Å². The summed E-state index contributed by atoms with van der Waals surface area (Å²) in [6.07, 6.45) is 0. The Bertz CT molecular complexity index is 911. The van der Waals surface area contributed by atoms with Gasteiger partial charge < -0.3 is 24.9 Å². The Morgan fingerprint density at radius 1 is 1.26 bits per heavy atom. The first kappa shape index (κ1) is 13.7. The number of ether oxygens (including phenoxy) is 2. The quantitative estimate of drug-likeness (QED) is 0.580. The molecular formula is C14H10N4O4S. The van der Waals surface area contributed by atoms with Gasteiger partial charge in [0.1, 0.15) is 0 Å². The highest BCUT2D eigenvalue weighted by atomic mass is 32.1. The number of benzene rings is 1. The van der Waals surface area contributed by atoms with Crippen LogP contribution in [0.2, 0.25) is 0 Å². The molecule has 9 heteroatoms. The Hall–Kier alpha value is -2.94. The third-order valence-electron chi connectivity index (χ3n) is 3.37. The lowest BCUT2D eigenvalue weighted by molar-refractivity contribution is -0.394. The Morgan fingerprint density at radius 2 is 2.13 bits per heavy atom. The van der Waals surface area contributed by atoms with Crippen LogP contribution in [-0.4, -0.2) is 21.7 Å². The maximum atomic E-state index is 10.9. The molecule has 1 aliphatic heterocycles. The van der Waals surface area contributed by atoms with Gasteiger partial charge in [0.25, 0.3) is 0 Å². The molecule has 3 heterocycles. The van der Waals surface area contributed by atoms with Crippen molar-refractivity contribution in [1.29, 1.82) is 0 Å². The summed E-state index contributed by atoms with van der Waals surface area (Å²) in [4.78, 5) is 18.9. The smallest absolute Gasteiger partial charge is 0.454 e. The van der Waals surface area contributed by atoms with Crippen molar-refractivity contribution < 1.29 is 14.4 Å². The van der Waals surface area contributed by atoms with Gasteiger partial charge in [0.05, 0.1) is 5.39 Å². The molecule has 0 aliphatic carbocycles. The number of hydrogen-bond donors (Lipinski definition) is 1. The molecule has 0 spiro atoms. The lowest BCUT2D eigenvalue weighted by Gasteiger charge is -2.05. The Balaban J connectivity index is 1.62. The number of aromatic nitrogens is 2. The van der Waals surface area contributed by atoms with Crippen molar-refractivity contribution in [1.82, 2.24) is 9.97 Å². The zero-order chi connectivity index (χ0) is 15.8. The van der Waals surface area contributed by atoms with E-state index in [1.54, 1.807) is 0 Å². The summed E-state index contributed by atoms with van der Waals surface area (Å²) in [5.41, 5.74) is 0.957. The molecule has 116 valence electrons. The van der Waals surface area contributed by atoms with E-state index in [1.165, 1.54) is 11.3 Å². The highest BCUT2D eigenvalue weighted by molar-refractivity contribution is 7.16. The Morgan fingerprint density at radius 3 is 3.00 bits per heavy atom. The zero-order valence-corrected chi connectivity index (χ0v) is 12.5. The maximum Gasteiger partial charge on any atom is 0.472 e. The van der Waals surface area contributed by atoms with E-state index in [9.17, 15) is 10.1 Å². The zero-order valence-electron chi connectivity index (χ0n) is 11.7. The second-order valence-corrected chi connectivity index (χ2v) is 5.70. The summed E-state index contributed by atoms with van der Waals surface area (Å²) < 4.78 is 10.6. The number of anilines is 1. The van der Waals surface area contributed by atoms with E-state index in [-0.39, 0.29) is 6.79 Å². The van der Waals surface area contributed by atoms with Gasteiger partial charge in [-0.05, 0) is 39.0 Å². The molecule has 4 rings (SSSR count). The van der Waals surface area contributed by atoms with Crippen LogP contribution in [0.4, 0.5) is 11.8 Å². The number of rotatable bonds is 4. The number of hydrogen-bond acceptors (Lipinski definition) is 8. The molecular weight excluding hydrogens is 320 g/mol. The highest BCUT2D eigenvalue weighted by Crippen LogP contribution is 2.33. The summed E-state index contributed by atoms with van der Waals surface area (Å²) in [6.45, 7) is 0.676. The lowest BCUT2D eigenvalue weighted by atomic mass is 10.2. The van der Waals surface area contributed by atoms with Gasteiger partial charge in [-0.3, -0.25) is 0 Å². The van der Waals surface area contributed by atoms with Crippen LogP contribution >= 0.6 is 11.3 Å². The molecule has 1 N–H and O–H groups in total. The van der Waals surface area contributed by atoms with Gasteiger partial charge in [-0.25, -0.2) is 0 Å². The second kappa shape index (κ2) is 5.36. The molecule has 0 bridgehead atoms. The first-order valence-electron chi connectivity index (χ1n) is 6.73. The van der Waals surface area contributed by atoms with Crippen LogP contribution < -0.4 is 14.8 Å². The molecule has 2 aromatic heterocycles. The van der Waals surface area contributed by atoms with Gasteiger partial charge in [0.15, 0.2) is 11.5 Å².